The van der Waals surface area contributed by atoms with Crippen molar-refractivity contribution >= 4 is 41.2 Å². The minimum absolute atomic E-state index is 0.0158. The van der Waals surface area contributed by atoms with Gasteiger partial charge >= 0.3 is 6.03 Å². The standard InChI is InChI=1S/C27H22FN3O5/c1-16-11-12-19(13-17(16)2)31-26(34)20(25(33)30-27(31)35)14-18-7-3-6-10-23(18)36-15-24(32)29-22-9-5-4-8-21(22)28/h3-14H,15H2,1-2H3,(H,29,32)(H,30,33,35)/b20-14-. The molecule has 1 fully saturated rings. The number of ether oxygens (including phenoxy) is 1. The van der Waals surface area contributed by atoms with Crippen molar-refractivity contribution in [2.24, 2.45) is 0 Å². The fraction of sp³-hybridized carbons (Fsp3) is 0.111. The smallest absolute Gasteiger partial charge is 0.335 e. The second-order valence-corrected chi connectivity index (χ2v) is 8.08. The molecule has 36 heavy (non-hydrogen) atoms. The number of nitrogens with one attached hydrogen (secondary N) is 2. The van der Waals surface area contributed by atoms with Gasteiger partial charge in [-0.2, -0.15) is 0 Å². The van der Waals surface area contributed by atoms with Crippen LogP contribution in [0, 0.1) is 19.7 Å². The topological polar surface area (TPSA) is 105 Å². The molecule has 1 saturated heterocycles. The highest BCUT2D eigenvalue weighted by Crippen LogP contribution is 2.26. The van der Waals surface area contributed by atoms with Crippen molar-refractivity contribution in [2.75, 3.05) is 16.8 Å². The molecule has 5 amide bonds. The average Bonchev–Trinajstić information content (AvgIpc) is 2.84. The lowest BCUT2D eigenvalue weighted by Gasteiger charge is -2.27. The third kappa shape index (κ3) is 5.15. The fourth-order valence-corrected chi connectivity index (χ4v) is 3.54. The Morgan fingerprint density at radius 1 is 1.00 bits per heavy atom. The molecule has 182 valence electrons. The number of barbiturate groups is 1. The van der Waals surface area contributed by atoms with E-state index in [9.17, 15) is 23.6 Å². The molecule has 3 aromatic rings. The number of rotatable bonds is 6. The van der Waals surface area contributed by atoms with Gasteiger partial charge in [0.1, 0.15) is 17.1 Å². The lowest BCUT2D eigenvalue weighted by atomic mass is 10.0. The summed E-state index contributed by atoms with van der Waals surface area (Å²) in [6, 6.07) is 16.4. The van der Waals surface area contributed by atoms with E-state index in [0.29, 0.717) is 11.3 Å². The lowest BCUT2D eigenvalue weighted by Crippen LogP contribution is -2.54. The van der Waals surface area contributed by atoms with Crippen LogP contribution < -0.4 is 20.3 Å². The van der Waals surface area contributed by atoms with E-state index in [4.69, 9.17) is 4.74 Å². The van der Waals surface area contributed by atoms with Gasteiger partial charge in [0.05, 0.1) is 11.4 Å². The molecule has 0 aromatic heterocycles. The minimum Gasteiger partial charge on any atom is -0.483 e. The first-order chi connectivity index (χ1) is 17.2. The van der Waals surface area contributed by atoms with Gasteiger partial charge in [-0.3, -0.25) is 19.7 Å². The zero-order valence-electron chi connectivity index (χ0n) is 19.5. The van der Waals surface area contributed by atoms with Crippen LogP contribution in [0.4, 0.5) is 20.6 Å². The number of aryl methyl sites for hydroxylation is 2. The van der Waals surface area contributed by atoms with Crippen molar-refractivity contribution in [2.45, 2.75) is 13.8 Å². The Morgan fingerprint density at radius 3 is 2.47 bits per heavy atom. The number of para-hydroxylation sites is 2. The van der Waals surface area contributed by atoms with Crippen molar-refractivity contribution < 1.29 is 28.3 Å². The van der Waals surface area contributed by atoms with E-state index in [2.05, 4.69) is 10.6 Å². The third-order valence-corrected chi connectivity index (χ3v) is 5.58. The fourth-order valence-electron chi connectivity index (χ4n) is 3.54. The monoisotopic (exact) mass is 487 g/mol. The van der Waals surface area contributed by atoms with E-state index >= 15 is 0 Å². The van der Waals surface area contributed by atoms with Crippen LogP contribution in [0.15, 0.2) is 72.3 Å². The SMILES string of the molecule is Cc1ccc(N2C(=O)NC(=O)/C(=C/c3ccccc3OCC(=O)Nc3ccccc3F)C2=O)cc1C. The number of benzene rings is 3. The predicted molar refractivity (Wildman–Crippen MR) is 132 cm³/mol. The molecule has 8 nitrogen and oxygen atoms in total. The third-order valence-electron chi connectivity index (χ3n) is 5.58. The number of halogens is 1. The van der Waals surface area contributed by atoms with E-state index in [1.807, 2.05) is 13.8 Å². The van der Waals surface area contributed by atoms with Gasteiger partial charge in [-0.05, 0) is 61.4 Å². The van der Waals surface area contributed by atoms with Crippen LogP contribution in [0.25, 0.3) is 6.08 Å². The molecule has 1 aliphatic rings. The highest BCUT2D eigenvalue weighted by molar-refractivity contribution is 6.39. The first-order valence-electron chi connectivity index (χ1n) is 11.0. The first kappa shape index (κ1) is 24.3. The summed E-state index contributed by atoms with van der Waals surface area (Å²) in [5, 5.41) is 4.60. The quantitative estimate of drug-likeness (QED) is 0.402. The molecular weight excluding hydrogens is 465 g/mol. The molecule has 4 rings (SSSR count). The molecule has 0 unspecified atom stereocenters. The summed E-state index contributed by atoms with van der Waals surface area (Å²) in [4.78, 5) is 51.4. The number of urea groups is 1. The zero-order valence-corrected chi connectivity index (χ0v) is 19.5. The number of carbonyl (C=O) groups excluding carboxylic acids is 4. The summed E-state index contributed by atoms with van der Waals surface area (Å²) >= 11 is 0. The Hall–Kier alpha value is -4.79. The van der Waals surface area contributed by atoms with E-state index < -0.39 is 36.2 Å². The van der Waals surface area contributed by atoms with Crippen LogP contribution in [0.2, 0.25) is 0 Å². The second-order valence-electron chi connectivity index (χ2n) is 8.08. The van der Waals surface area contributed by atoms with Crippen LogP contribution in [0.1, 0.15) is 16.7 Å². The molecule has 2 N–H and O–H groups in total. The van der Waals surface area contributed by atoms with Crippen molar-refractivity contribution in [3.8, 4) is 5.75 Å². The van der Waals surface area contributed by atoms with E-state index in [1.165, 1.54) is 24.3 Å². The Balaban J connectivity index is 1.56. The van der Waals surface area contributed by atoms with Gasteiger partial charge in [-0.15, -0.1) is 0 Å². The molecule has 0 spiro atoms. The molecule has 0 aliphatic carbocycles. The minimum atomic E-state index is -0.850. The van der Waals surface area contributed by atoms with E-state index in [-0.39, 0.29) is 17.0 Å². The molecule has 0 saturated carbocycles. The molecule has 1 aliphatic heterocycles. The zero-order chi connectivity index (χ0) is 25.8. The van der Waals surface area contributed by atoms with E-state index in [1.54, 1.807) is 48.5 Å². The molecule has 0 radical (unpaired) electrons. The summed E-state index contributed by atoms with van der Waals surface area (Å²) < 4.78 is 19.4. The van der Waals surface area contributed by atoms with Crippen molar-refractivity contribution in [3.05, 3.63) is 94.8 Å². The molecule has 1 heterocycles. The summed E-state index contributed by atoms with van der Waals surface area (Å²) in [5.74, 6) is -2.61. The number of imide groups is 2. The van der Waals surface area contributed by atoms with E-state index in [0.717, 1.165) is 16.0 Å². The number of carbonyl (C=O) groups is 4. The van der Waals surface area contributed by atoms with Crippen LogP contribution >= 0.6 is 0 Å². The highest BCUT2D eigenvalue weighted by atomic mass is 19.1. The van der Waals surface area contributed by atoms with Gasteiger partial charge in [0.2, 0.25) is 0 Å². The Kier molecular flexibility index (Phi) is 6.91. The number of amides is 5. The van der Waals surface area contributed by atoms with Crippen molar-refractivity contribution in [3.63, 3.8) is 0 Å². The van der Waals surface area contributed by atoms with Crippen LogP contribution in [-0.2, 0) is 14.4 Å². The largest absolute Gasteiger partial charge is 0.483 e. The maximum Gasteiger partial charge on any atom is 0.335 e. The molecule has 0 bridgehead atoms. The summed E-state index contributed by atoms with van der Waals surface area (Å²) in [5.41, 5.74) is 2.27. The molecular formula is C27H22FN3O5. The number of anilines is 2. The molecule has 0 atom stereocenters. The van der Waals surface area contributed by atoms with Gasteiger partial charge < -0.3 is 10.1 Å². The van der Waals surface area contributed by atoms with Crippen molar-refractivity contribution in [1.82, 2.24) is 5.32 Å². The predicted octanol–water partition coefficient (Wildman–Crippen LogP) is 4.13. The lowest BCUT2D eigenvalue weighted by molar-refractivity contribution is -0.122. The Bertz CT molecular complexity index is 1420. The van der Waals surface area contributed by atoms with Crippen LogP contribution in [-0.4, -0.2) is 30.4 Å². The molecule has 3 aromatic carbocycles. The maximum absolute atomic E-state index is 13.8. The van der Waals surface area contributed by atoms with Gasteiger partial charge in [0, 0.05) is 5.56 Å². The second kappa shape index (κ2) is 10.2. The Labute approximate surface area is 206 Å². The van der Waals surface area contributed by atoms with Crippen LogP contribution in [0.5, 0.6) is 5.75 Å². The van der Waals surface area contributed by atoms with Crippen molar-refractivity contribution in [1.29, 1.82) is 0 Å². The number of hydrogen-bond acceptors (Lipinski definition) is 5. The van der Waals surface area contributed by atoms with Gasteiger partial charge in [-0.25, -0.2) is 14.1 Å². The summed E-state index contributed by atoms with van der Waals surface area (Å²) in [7, 11) is 0. The van der Waals surface area contributed by atoms with Gasteiger partial charge in [-0.1, -0.05) is 36.4 Å². The van der Waals surface area contributed by atoms with Gasteiger partial charge in [0.15, 0.2) is 6.61 Å². The molecule has 9 heteroatoms. The van der Waals surface area contributed by atoms with Gasteiger partial charge in [0.25, 0.3) is 17.7 Å². The normalized spacial score (nSPS) is 14.6. The van der Waals surface area contributed by atoms with Crippen LogP contribution in [0.3, 0.4) is 0 Å². The first-order valence-corrected chi connectivity index (χ1v) is 11.0. The Morgan fingerprint density at radius 2 is 1.72 bits per heavy atom. The average molecular weight is 487 g/mol. The maximum atomic E-state index is 13.8. The number of nitrogens with zero attached hydrogens (tertiary/aromatic N) is 1. The highest BCUT2D eigenvalue weighted by Gasteiger charge is 2.37. The summed E-state index contributed by atoms with van der Waals surface area (Å²) in [6.07, 6.45) is 1.29. The number of hydrogen-bond donors (Lipinski definition) is 2. The summed E-state index contributed by atoms with van der Waals surface area (Å²) in [6.45, 7) is 3.31.